The van der Waals surface area contributed by atoms with Gasteiger partial charge in [0.25, 0.3) is 5.56 Å². The first kappa shape index (κ1) is 17.8. The van der Waals surface area contributed by atoms with E-state index in [1.54, 1.807) is 38.5 Å². The molecule has 1 fully saturated rings. The number of aromatic nitrogens is 1. The SMILES string of the molecule is COc1ccc(C(=O)CN2C[C@H]3C[C@@H](C2)c2cccc(=O)n2C3)cc1OC. The van der Waals surface area contributed by atoms with E-state index in [0.717, 1.165) is 31.7 Å². The number of hydrogen-bond acceptors (Lipinski definition) is 5. The van der Waals surface area contributed by atoms with Crippen LogP contribution in [0.3, 0.4) is 0 Å². The van der Waals surface area contributed by atoms with Crippen LogP contribution >= 0.6 is 0 Å². The number of fused-ring (bicyclic) bond motifs is 4. The average Bonchev–Trinajstić information content (AvgIpc) is 2.68. The molecule has 0 spiro atoms. The second kappa shape index (κ2) is 7.19. The molecule has 0 aliphatic carbocycles. The van der Waals surface area contributed by atoms with Gasteiger partial charge in [0.05, 0.1) is 20.8 Å². The number of hydrogen-bond donors (Lipinski definition) is 0. The van der Waals surface area contributed by atoms with E-state index in [4.69, 9.17) is 9.47 Å². The van der Waals surface area contributed by atoms with Crippen LogP contribution < -0.4 is 15.0 Å². The van der Waals surface area contributed by atoms with Crippen molar-refractivity contribution >= 4 is 5.78 Å². The van der Waals surface area contributed by atoms with Crippen LogP contribution in [-0.4, -0.2) is 49.1 Å². The quantitative estimate of drug-likeness (QED) is 0.757. The second-order valence-electron chi connectivity index (χ2n) is 7.39. The largest absolute Gasteiger partial charge is 0.493 e. The lowest BCUT2D eigenvalue weighted by Crippen LogP contribution is -2.48. The zero-order chi connectivity index (χ0) is 19.0. The van der Waals surface area contributed by atoms with Gasteiger partial charge in [-0.15, -0.1) is 0 Å². The van der Waals surface area contributed by atoms with Gasteiger partial charge in [0.1, 0.15) is 0 Å². The molecule has 4 rings (SSSR count). The molecule has 6 nitrogen and oxygen atoms in total. The molecule has 0 N–H and O–H groups in total. The summed E-state index contributed by atoms with van der Waals surface area (Å²) >= 11 is 0. The zero-order valence-corrected chi connectivity index (χ0v) is 15.7. The average molecular weight is 368 g/mol. The van der Waals surface area contributed by atoms with Gasteiger partial charge in [-0.2, -0.15) is 0 Å². The van der Waals surface area contributed by atoms with Crippen LogP contribution in [0.1, 0.15) is 28.4 Å². The normalized spacial score (nSPS) is 21.4. The third kappa shape index (κ3) is 3.37. The fraction of sp³-hybridized carbons (Fsp3) is 0.429. The maximum atomic E-state index is 12.8. The molecule has 1 aromatic carbocycles. The lowest BCUT2D eigenvalue weighted by molar-refractivity contribution is 0.0817. The number of ether oxygens (including phenoxy) is 2. The number of piperidine rings is 1. The standard InChI is InChI=1S/C21H24N2O4/c1-26-19-7-6-15(9-20(19)27-2)18(24)13-22-10-14-8-16(12-22)17-4-3-5-21(25)23(17)11-14/h3-7,9,14,16H,8,10-13H2,1-2H3/t14-,16+/m1/s1. The van der Waals surface area contributed by atoms with Crippen LogP contribution in [0, 0.1) is 5.92 Å². The molecular formula is C21H24N2O4. The molecule has 27 heavy (non-hydrogen) atoms. The van der Waals surface area contributed by atoms with Gasteiger partial charge in [-0.05, 0) is 36.6 Å². The lowest BCUT2D eigenvalue weighted by atomic mass is 9.83. The van der Waals surface area contributed by atoms with Crippen molar-refractivity contribution in [3.63, 3.8) is 0 Å². The van der Waals surface area contributed by atoms with Crippen LogP contribution in [0.25, 0.3) is 0 Å². The van der Waals surface area contributed by atoms with Gasteiger partial charge in [0.2, 0.25) is 0 Å². The number of carbonyl (C=O) groups excluding carboxylic acids is 1. The third-order valence-corrected chi connectivity index (χ3v) is 5.63. The summed E-state index contributed by atoms with van der Waals surface area (Å²) in [5.41, 5.74) is 1.80. The molecular weight excluding hydrogens is 344 g/mol. The summed E-state index contributed by atoms with van der Waals surface area (Å²) in [4.78, 5) is 27.2. The first-order valence-corrected chi connectivity index (χ1v) is 9.26. The Morgan fingerprint density at radius 3 is 2.67 bits per heavy atom. The van der Waals surface area contributed by atoms with Crippen molar-refractivity contribution < 1.29 is 14.3 Å². The third-order valence-electron chi connectivity index (χ3n) is 5.63. The van der Waals surface area contributed by atoms with Crippen molar-refractivity contribution in [1.29, 1.82) is 0 Å². The highest BCUT2D eigenvalue weighted by atomic mass is 16.5. The number of Topliss-reactive ketones (excluding diaryl/α,β-unsaturated/α-hetero) is 1. The summed E-state index contributed by atoms with van der Waals surface area (Å²) in [5.74, 6) is 1.97. The number of benzene rings is 1. The molecule has 6 heteroatoms. The summed E-state index contributed by atoms with van der Waals surface area (Å²) in [6.07, 6.45) is 1.09. The van der Waals surface area contributed by atoms with Gasteiger partial charge in [0.15, 0.2) is 17.3 Å². The van der Waals surface area contributed by atoms with Gasteiger partial charge in [-0.25, -0.2) is 0 Å². The van der Waals surface area contributed by atoms with E-state index >= 15 is 0 Å². The molecule has 142 valence electrons. The second-order valence-corrected chi connectivity index (χ2v) is 7.39. The summed E-state index contributed by atoms with van der Waals surface area (Å²) < 4.78 is 12.5. The highest BCUT2D eigenvalue weighted by Crippen LogP contribution is 2.35. The Hall–Kier alpha value is -2.60. The first-order chi connectivity index (χ1) is 13.1. The Morgan fingerprint density at radius 1 is 1.07 bits per heavy atom. The van der Waals surface area contributed by atoms with E-state index in [9.17, 15) is 9.59 Å². The maximum absolute atomic E-state index is 12.8. The van der Waals surface area contributed by atoms with Crippen molar-refractivity contribution in [2.24, 2.45) is 5.92 Å². The summed E-state index contributed by atoms with van der Waals surface area (Å²) in [6.45, 7) is 2.77. The van der Waals surface area contributed by atoms with Gasteiger partial charge >= 0.3 is 0 Å². The van der Waals surface area contributed by atoms with Crippen LogP contribution in [0.2, 0.25) is 0 Å². The maximum Gasteiger partial charge on any atom is 0.250 e. The Bertz CT molecular complexity index is 921. The number of nitrogens with zero attached hydrogens (tertiary/aromatic N) is 2. The minimum Gasteiger partial charge on any atom is -0.493 e. The highest BCUT2D eigenvalue weighted by molar-refractivity contribution is 5.98. The predicted molar refractivity (Wildman–Crippen MR) is 102 cm³/mol. The van der Waals surface area contributed by atoms with E-state index in [-0.39, 0.29) is 11.3 Å². The van der Waals surface area contributed by atoms with Crippen LogP contribution in [-0.2, 0) is 6.54 Å². The van der Waals surface area contributed by atoms with Crippen molar-refractivity contribution in [1.82, 2.24) is 9.47 Å². The van der Waals surface area contributed by atoms with E-state index < -0.39 is 0 Å². The Morgan fingerprint density at radius 2 is 1.89 bits per heavy atom. The number of rotatable bonds is 5. The van der Waals surface area contributed by atoms with E-state index in [0.29, 0.717) is 35.4 Å². The number of carbonyl (C=O) groups is 1. The molecule has 2 aliphatic heterocycles. The van der Waals surface area contributed by atoms with E-state index in [2.05, 4.69) is 4.90 Å². The number of methoxy groups -OCH3 is 2. The van der Waals surface area contributed by atoms with Crippen LogP contribution in [0.4, 0.5) is 0 Å². The van der Waals surface area contributed by atoms with E-state index in [1.807, 2.05) is 16.7 Å². The Labute approximate surface area is 158 Å². The topological polar surface area (TPSA) is 60.8 Å². The predicted octanol–water partition coefficient (Wildman–Crippen LogP) is 2.17. The van der Waals surface area contributed by atoms with E-state index in [1.165, 1.54) is 0 Å². The van der Waals surface area contributed by atoms with Crippen molar-refractivity contribution in [2.45, 2.75) is 18.9 Å². The molecule has 2 aliphatic rings. The minimum absolute atomic E-state index is 0.0707. The lowest BCUT2D eigenvalue weighted by Gasteiger charge is -2.42. The smallest absolute Gasteiger partial charge is 0.250 e. The summed E-state index contributed by atoms with van der Waals surface area (Å²) in [7, 11) is 3.15. The molecule has 0 radical (unpaired) electrons. The fourth-order valence-electron chi connectivity index (χ4n) is 4.43. The van der Waals surface area contributed by atoms with Gasteiger partial charge in [0, 0.05) is 42.9 Å². The molecule has 0 saturated carbocycles. The molecule has 0 amide bonds. The molecule has 3 heterocycles. The summed E-state index contributed by atoms with van der Waals surface area (Å²) in [5, 5.41) is 0. The number of ketones is 1. The first-order valence-electron chi connectivity index (χ1n) is 9.26. The molecule has 1 saturated heterocycles. The highest BCUT2D eigenvalue weighted by Gasteiger charge is 2.35. The molecule has 2 atom stereocenters. The minimum atomic E-state index is 0.0707. The van der Waals surface area contributed by atoms with Crippen molar-refractivity contribution in [2.75, 3.05) is 33.9 Å². The Kier molecular flexibility index (Phi) is 4.74. The van der Waals surface area contributed by atoms with Gasteiger partial charge in [-0.3, -0.25) is 14.5 Å². The monoisotopic (exact) mass is 368 g/mol. The zero-order valence-electron chi connectivity index (χ0n) is 15.7. The number of pyridine rings is 1. The van der Waals surface area contributed by atoms with Crippen molar-refractivity contribution in [3.05, 3.63) is 58.0 Å². The molecule has 1 aromatic heterocycles. The van der Waals surface area contributed by atoms with Gasteiger partial charge < -0.3 is 14.0 Å². The fourth-order valence-corrected chi connectivity index (χ4v) is 4.43. The summed E-state index contributed by atoms with van der Waals surface area (Å²) in [6, 6.07) is 10.8. The molecule has 2 bridgehead atoms. The van der Waals surface area contributed by atoms with Crippen LogP contribution in [0.15, 0.2) is 41.2 Å². The van der Waals surface area contributed by atoms with Gasteiger partial charge in [-0.1, -0.05) is 6.07 Å². The van der Waals surface area contributed by atoms with Crippen molar-refractivity contribution in [3.8, 4) is 11.5 Å². The van der Waals surface area contributed by atoms with Crippen LogP contribution in [0.5, 0.6) is 11.5 Å². The Balaban J connectivity index is 1.50. The molecule has 0 unspecified atom stereocenters. The number of likely N-dealkylation sites (tertiary alicyclic amines) is 1. The molecule has 2 aromatic rings.